The van der Waals surface area contributed by atoms with Crippen molar-refractivity contribution in [3.05, 3.63) is 75.2 Å². The Morgan fingerprint density at radius 3 is 2.78 bits per heavy atom. The predicted molar refractivity (Wildman–Crippen MR) is 105 cm³/mol. The number of thioether (sulfide) groups is 1. The lowest BCUT2D eigenvalue weighted by molar-refractivity contribution is 1.23. The lowest BCUT2D eigenvalue weighted by Gasteiger charge is -2.11. The highest BCUT2D eigenvalue weighted by Crippen LogP contribution is 2.29. The molecule has 0 aromatic heterocycles. The number of rotatable bonds is 5. The summed E-state index contributed by atoms with van der Waals surface area (Å²) < 4.78 is 0. The summed E-state index contributed by atoms with van der Waals surface area (Å²) in [6.07, 6.45) is 9.68. The maximum atomic E-state index is 6.15. The second kappa shape index (κ2) is 9.17. The van der Waals surface area contributed by atoms with Crippen LogP contribution in [0.3, 0.4) is 0 Å². The number of hydrogen-bond donors (Lipinski definition) is 0. The van der Waals surface area contributed by atoms with Crippen LogP contribution in [0.4, 0.5) is 0 Å². The van der Waals surface area contributed by atoms with Crippen LogP contribution in [0, 0.1) is 0 Å². The molecule has 0 spiro atoms. The van der Waals surface area contributed by atoms with E-state index >= 15 is 0 Å². The molecule has 23 heavy (non-hydrogen) atoms. The van der Waals surface area contributed by atoms with E-state index in [1.54, 1.807) is 11.8 Å². The van der Waals surface area contributed by atoms with Crippen LogP contribution >= 0.6 is 35.0 Å². The van der Waals surface area contributed by atoms with Gasteiger partial charge in [-0.1, -0.05) is 78.3 Å². The summed E-state index contributed by atoms with van der Waals surface area (Å²) in [6, 6.07) is 8.30. The average Bonchev–Trinajstić information content (AvgIpc) is 2.73. The molecule has 1 nitrogen and oxygen atoms in total. The van der Waals surface area contributed by atoms with Crippen molar-refractivity contribution in [3.63, 3.8) is 0 Å². The van der Waals surface area contributed by atoms with Gasteiger partial charge in [-0.25, -0.2) is 0 Å². The third kappa shape index (κ3) is 4.87. The maximum Gasteiger partial charge on any atom is 0.0723 e. The minimum atomic E-state index is 0.585. The van der Waals surface area contributed by atoms with Gasteiger partial charge in [0.1, 0.15) is 0 Å². The first-order valence-electron chi connectivity index (χ1n) is 7.48. The molecule has 0 aliphatic heterocycles. The van der Waals surface area contributed by atoms with Crippen molar-refractivity contribution < 1.29 is 0 Å². The molecule has 2 rings (SSSR count). The Balaban J connectivity index is 2.36. The topological polar surface area (TPSA) is 12.4 Å². The average molecular weight is 364 g/mol. The summed E-state index contributed by atoms with van der Waals surface area (Å²) in [4.78, 5) is 5.70. The van der Waals surface area contributed by atoms with Gasteiger partial charge in [-0.15, -0.1) is 0 Å². The molecule has 4 heteroatoms. The Bertz CT molecular complexity index is 712. The Morgan fingerprint density at radius 1 is 1.26 bits per heavy atom. The third-order valence-electron chi connectivity index (χ3n) is 3.34. The standard InChI is InChI=1S/C19H19Cl2NS/c1-3-4-13-23-18-8-6-5-7-15(18)19(22-2)14-9-11-16(20)17(21)12-10-14/h4-11,13H,3,12H2,1-2H3/b13-4+,22-19?. The maximum absolute atomic E-state index is 6.15. The second-order valence-electron chi connectivity index (χ2n) is 4.92. The molecule has 0 saturated heterocycles. The first-order chi connectivity index (χ1) is 11.2. The van der Waals surface area contributed by atoms with Gasteiger partial charge in [-0.05, 0) is 29.5 Å². The normalized spacial score (nSPS) is 16.0. The third-order valence-corrected chi connectivity index (χ3v) is 5.08. The van der Waals surface area contributed by atoms with Crippen LogP contribution in [0.15, 0.2) is 79.5 Å². The van der Waals surface area contributed by atoms with E-state index in [-0.39, 0.29) is 0 Å². The lowest BCUT2D eigenvalue weighted by atomic mass is 10.0. The van der Waals surface area contributed by atoms with E-state index in [0.29, 0.717) is 16.5 Å². The van der Waals surface area contributed by atoms with E-state index in [1.165, 1.54) is 4.90 Å². The monoisotopic (exact) mass is 363 g/mol. The molecule has 0 heterocycles. The molecule has 0 bridgehead atoms. The van der Waals surface area contributed by atoms with Crippen molar-refractivity contribution in [2.24, 2.45) is 4.99 Å². The van der Waals surface area contributed by atoms with Crippen LogP contribution < -0.4 is 0 Å². The Hall–Kier alpha value is -1.22. The molecule has 1 aromatic carbocycles. The van der Waals surface area contributed by atoms with Crippen molar-refractivity contribution in [2.75, 3.05) is 7.05 Å². The zero-order valence-corrected chi connectivity index (χ0v) is 15.6. The fraction of sp³-hybridized carbons (Fsp3) is 0.211. The van der Waals surface area contributed by atoms with E-state index in [9.17, 15) is 0 Å². The summed E-state index contributed by atoms with van der Waals surface area (Å²) >= 11 is 14.0. The highest BCUT2D eigenvalue weighted by molar-refractivity contribution is 8.02. The lowest BCUT2D eigenvalue weighted by Crippen LogP contribution is -2.05. The van der Waals surface area contributed by atoms with Gasteiger partial charge < -0.3 is 0 Å². The van der Waals surface area contributed by atoms with Gasteiger partial charge >= 0.3 is 0 Å². The van der Waals surface area contributed by atoms with Crippen LogP contribution in [0.1, 0.15) is 25.3 Å². The molecule has 1 aliphatic rings. The van der Waals surface area contributed by atoms with Crippen LogP contribution in [0.25, 0.3) is 0 Å². The minimum Gasteiger partial charge on any atom is -0.287 e. The molecule has 0 N–H and O–H groups in total. The van der Waals surface area contributed by atoms with Crippen molar-refractivity contribution in [3.8, 4) is 0 Å². The van der Waals surface area contributed by atoms with Crippen molar-refractivity contribution in [1.29, 1.82) is 0 Å². The van der Waals surface area contributed by atoms with E-state index in [2.05, 4.69) is 41.6 Å². The Labute approximate surface area is 152 Å². The van der Waals surface area contributed by atoms with Gasteiger partial charge in [0, 0.05) is 29.0 Å². The van der Waals surface area contributed by atoms with Gasteiger partial charge in [-0.2, -0.15) is 0 Å². The second-order valence-corrected chi connectivity index (χ2v) is 6.73. The van der Waals surface area contributed by atoms with Crippen LogP contribution in [-0.4, -0.2) is 12.8 Å². The Kier molecular flexibility index (Phi) is 7.22. The van der Waals surface area contributed by atoms with Gasteiger partial charge in [0.15, 0.2) is 0 Å². The van der Waals surface area contributed by atoms with Crippen LogP contribution in [0.5, 0.6) is 0 Å². The number of hydrogen-bond acceptors (Lipinski definition) is 2. The molecule has 0 atom stereocenters. The van der Waals surface area contributed by atoms with Crippen LogP contribution in [-0.2, 0) is 0 Å². The molecule has 0 amide bonds. The zero-order chi connectivity index (χ0) is 16.7. The number of halogens is 2. The molecule has 0 radical (unpaired) electrons. The van der Waals surface area contributed by atoms with Gasteiger partial charge in [0.05, 0.1) is 10.7 Å². The summed E-state index contributed by atoms with van der Waals surface area (Å²) in [6.45, 7) is 2.13. The predicted octanol–water partition coefficient (Wildman–Crippen LogP) is 6.70. The first kappa shape index (κ1) is 18.1. The quantitative estimate of drug-likeness (QED) is 0.418. The van der Waals surface area contributed by atoms with Crippen molar-refractivity contribution in [1.82, 2.24) is 0 Å². The van der Waals surface area contributed by atoms with Crippen molar-refractivity contribution in [2.45, 2.75) is 24.7 Å². The van der Waals surface area contributed by atoms with Gasteiger partial charge in [0.25, 0.3) is 0 Å². The highest BCUT2D eigenvalue weighted by atomic mass is 35.5. The Morgan fingerprint density at radius 2 is 2.04 bits per heavy atom. The summed E-state index contributed by atoms with van der Waals surface area (Å²) in [5, 5.41) is 3.36. The minimum absolute atomic E-state index is 0.585. The number of aliphatic imine (C=N–C) groups is 1. The van der Waals surface area contributed by atoms with Gasteiger partial charge in [0.2, 0.25) is 0 Å². The molecule has 0 unspecified atom stereocenters. The molecule has 120 valence electrons. The van der Waals surface area contributed by atoms with E-state index in [1.807, 2.05) is 31.3 Å². The molecule has 1 aliphatic carbocycles. The first-order valence-corrected chi connectivity index (χ1v) is 9.11. The number of allylic oxidation sites excluding steroid dienone is 7. The van der Waals surface area contributed by atoms with Crippen molar-refractivity contribution >= 4 is 40.7 Å². The van der Waals surface area contributed by atoms with Crippen LogP contribution in [0.2, 0.25) is 0 Å². The van der Waals surface area contributed by atoms with E-state index in [0.717, 1.165) is 23.3 Å². The SMILES string of the molecule is CC/C=C/Sc1ccccc1C(=NC)C1=CCC(Cl)=C(Cl)C=C1. The molecular formula is C19H19Cl2NS. The highest BCUT2D eigenvalue weighted by Gasteiger charge is 2.13. The summed E-state index contributed by atoms with van der Waals surface area (Å²) in [5.74, 6) is 0. The largest absolute Gasteiger partial charge is 0.287 e. The molecule has 0 saturated carbocycles. The molecular weight excluding hydrogens is 345 g/mol. The number of nitrogens with zero attached hydrogens (tertiary/aromatic N) is 1. The summed E-state index contributed by atoms with van der Waals surface area (Å²) in [7, 11) is 1.81. The van der Waals surface area contributed by atoms with E-state index in [4.69, 9.17) is 23.2 Å². The van der Waals surface area contributed by atoms with E-state index < -0.39 is 0 Å². The fourth-order valence-electron chi connectivity index (χ4n) is 2.18. The zero-order valence-electron chi connectivity index (χ0n) is 13.2. The molecule has 1 aromatic rings. The van der Waals surface area contributed by atoms with Gasteiger partial charge in [-0.3, -0.25) is 4.99 Å². The smallest absolute Gasteiger partial charge is 0.0723 e. The number of benzene rings is 1. The fourth-order valence-corrected chi connectivity index (χ4v) is 3.35. The summed E-state index contributed by atoms with van der Waals surface area (Å²) in [5.41, 5.74) is 3.10. The molecule has 0 fully saturated rings.